The zero-order valence-corrected chi connectivity index (χ0v) is 16.2. The molecule has 1 atom stereocenters. The Morgan fingerprint density at radius 1 is 1.15 bits per heavy atom. The van der Waals surface area contributed by atoms with E-state index in [9.17, 15) is 9.59 Å². The molecule has 0 bridgehead atoms. The molecule has 7 heteroatoms. The summed E-state index contributed by atoms with van der Waals surface area (Å²) in [6, 6.07) is 14.4. The smallest absolute Gasteiger partial charge is 0.258 e. The highest BCUT2D eigenvalue weighted by Gasteiger charge is 2.17. The first-order valence-corrected chi connectivity index (χ1v) is 8.92. The summed E-state index contributed by atoms with van der Waals surface area (Å²) >= 11 is 6.27. The third-order valence-corrected chi connectivity index (χ3v) is 4.40. The first-order valence-electron chi connectivity index (χ1n) is 8.54. The van der Waals surface area contributed by atoms with Gasteiger partial charge in [0.2, 0.25) is 5.91 Å². The summed E-state index contributed by atoms with van der Waals surface area (Å²) in [4.78, 5) is 25.0. The lowest BCUT2D eigenvalue weighted by molar-refractivity contribution is -0.123. The molecule has 2 aromatic carbocycles. The first-order chi connectivity index (χ1) is 12.9. The van der Waals surface area contributed by atoms with Gasteiger partial charge >= 0.3 is 0 Å². The molecule has 0 spiro atoms. The summed E-state index contributed by atoms with van der Waals surface area (Å²) in [7, 11) is 3.87. The molecular formula is C20H24ClN3O3. The van der Waals surface area contributed by atoms with Gasteiger partial charge in [-0.25, -0.2) is 0 Å². The van der Waals surface area contributed by atoms with Gasteiger partial charge in [0.25, 0.3) is 5.91 Å². The molecule has 0 radical (unpaired) electrons. The molecule has 0 aliphatic carbocycles. The quantitative estimate of drug-likeness (QED) is 0.688. The van der Waals surface area contributed by atoms with Crippen LogP contribution in [0, 0.1) is 0 Å². The second-order valence-corrected chi connectivity index (χ2v) is 6.79. The lowest BCUT2D eigenvalue weighted by Crippen LogP contribution is -2.37. The number of carbonyl (C=O) groups excluding carboxylic acids is 2. The van der Waals surface area contributed by atoms with E-state index in [2.05, 4.69) is 5.32 Å². The van der Waals surface area contributed by atoms with Gasteiger partial charge in [0.05, 0.1) is 12.5 Å². The lowest BCUT2D eigenvalue weighted by Gasteiger charge is -2.26. The van der Waals surface area contributed by atoms with Gasteiger partial charge in [0.15, 0.2) is 6.61 Å². The molecule has 0 heterocycles. The number of carbonyl (C=O) groups is 2. The fourth-order valence-electron chi connectivity index (χ4n) is 2.63. The van der Waals surface area contributed by atoms with Gasteiger partial charge in [-0.3, -0.25) is 9.59 Å². The molecule has 0 fully saturated rings. The number of benzene rings is 2. The van der Waals surface area contributed by atoms with Crippen molar-refractivity contribution in [1.82, 2.24) is 10.2 Å². The minimum absolute atomic E-state index is 0.0456. The second kappa shape index (κ2) is 9.94. The van der Waals surface area contributed by atoms with Crippen molar-refractivity contribution in [2.75, 3.05) is 27.2 Å². The number of amides is 2. The number of nitrogens with two attached hydrogens (primary N) is 1. The van der Waals surface area contributed by atoms with Crippen molar-refractivity contribution < 1.29 is 14.3 Å². The third kappa shape index (κ3) is 6.58. The van der Waals surface area contributed by atoms with E-state index in [-0.39, 0.29) is 25.0 Å². The molecule has 0 aromatic heterocycles. The van der Waals surface area contributed by atoms with Crippen molar-refractivity contribution in [2.24, 2.45) is 5.73 Å². The van der Waals surface area contributed by atoms with Crippen LogP contribution in [0.4, 0.5) is 0 Å². The molecule has 0 saturated heterocycles. The summed E-state index contributed by atoms with van der Waals surface area (Å²) in [5.74, 6) is -0.0687. The number of hydrogen-bond donors (Lipinski definition) is 2. The molecule has 2 aromatic rings. The Balaban J connectivity index is 1.86. The molecule has 2 rings (SSSR count). The molecular weight excluding hydrogens is 366 g/mol. The van der Waals surface area contributed by atoms with Crippen LogP contribution >= 0.6 is 11.6 Å². The van der Waals surface area contributed by atoms with Crippen molar-refractivity contribution in [2.45, 2.75) is 12.5 Å². The van der Waals surface area contributed by atoms with Crippen LogP contribution in [0.5, 0.6) is 5.75 Å². The lowest BCUT2D eigenvalue weighted by atomic mass is 10.1. The number of rotatable bonds is 9. The molecule has 144 valence electrons. The Bertz CT molecular complexity index is 778. The predicted molar refractivity (Wildman–Crippen MR) is 106 cm³/mol. The van der Waals surface area contributed by atoms with Crippen LogP contribution in [-0.2, 0) is 16.0 Å². The highest BCUT2D eigenvalue weighted by atomic mass is 35.5. The first kappa shape index (κ1) is 20.7. The number of hydrogen-bond acceptors (Lipinski definition) is 4. The summed E-state index contributed by atoms with van der Waals surface area (Å²) < 4.78 is 5.48. The molecule has 6 nitrogen and oxygen atoms in total. The average Bonchev–Trinajstić information content (AvgIpc) is 2.62. The summed E-state index contributed by atoms with van der Waals surface area (Å²) in [6.07, 6.45) is 0.175. The Morgan fingerprint density at radius 2 is 1.81 bits per heavy atom. The van der Waals surface area contributed by atoms with E-state index in [1.54, 1.807) is 24.3 Å². The van der Waals surface area contributed by atoms with Crippen LogP contribution in [0.1, 0.15) is 17.2 Å². The number of primary amides is 1. The van der Waals surface area contributed by atoms with Crippen molar-refractivity contribution in [3.63, 3.8) is 0 Å². The van der Waals surface area contributed by atoms with Crippen molar-refractivity contribution in [3.8, 4) is 5.75 Å². The average molecular weight is 390 g/mol. The molecule has 27 heavy (non-hydrogen) atoms. The zero-order chi connectivity index (χ0) is 19.8. The van der Waals surface area contributed by atoms with Gasteiger partial charge in [-0.15, -0.1) is 0 Å². The summed E-state index contributed by atoms with van der Waals surface area (Å²) in [6.45, 7) is 0.314. The number of ether oxygens (including phenoxy) is 1. The van der Waals surface area contributed by atoms with Crippen LogP contribution < -0.4 is 15.8 Å². The van der Waals surface area contributed by atoms with Gasteiger partial charge in [0, 0.05) is 11.6 Å². The number of nitrogens with zero attached hydrogens (tertiary/aromatic N) is 1. The van der Waals surface area contributed by atoms with Gasteiger partial charge < -0.3 is 20.7 Å². The fourth-order valence-corrected chi connectivity index (χ4v) is 2.89. The number of nitrogens with one attached hydrogen (secondary N) is 1. The minimum atomic E-state index is -0.392. The van der Waals surface area contributed by atoms with E-state index in [4.69, 9.17) is 22.1 Å². The van der Waals surface area contributed by atoms with Gasteiger partial charge in [-0.2, -0.15) is 0 Å². The highest BCUT2D eigenvalue weighted by molar-refractivity contribution is 6.31. The second-order valence-electron chi connectivity index (χ2n) is 6.38. The molecule has 0 aliphatic heterocycles. The highest BCUT2D eigenvalue weighted by Crippen LogP contribution is 2.25. The molecule has 3 N–H and O–H groups in total. The van der Waals surface area contributed by atoms with E-state index in [1.165, 1.54) is 0 Å². The largest absolute Gasteiger partial charge is 0.484 e. The van der Waals surface area contributed by atoms with Crippen LogP contribution in [0.25, 0.3) is 0 Å². The Kier molecular flexibility index (Phi) is 7.64. The van der Waals surface area contributed by atoms with Crippen molar-refractivity contribution >= 4 is 23.4 Å². The Labute approximate surface area is 164 Å². The van der Waals surface area contributed by atoms with Gasteiger partial charge in [-0.1, -0.05) is 41.9 Å². The van der Waals surface area contributed by atoms with E-state index in [1.807, 2.05) is 43.3 Å². The zero-order valence-electron chi connectivity index (χ0n) is 15.4. The topological polar surface area (TPSA) is 84.7 Å². The number of halogens is 1. The van der Waals surface area contributed by atoms with Gasteiger partial charge in [-0.05, 0) is 43.4 Å². The standard InChI is InChI=1S/C20H24ClN3O3/c1-24(2)18(16-5-3-4-6-17(16)21)12-23-20(26)13-27-15-9-7-14(8-10-15)11-19(22)25/h3-10,18H,11-13H2,1-2H3,(H2,22,25)(H,23,26). The van der Waals surface area contributed by atoms with E-state index >= 15 is 0 Å². The van der Waals surface area contributed by atoms with E-state index in [0.717, 1.165) is 11.1 Å². The van der Waals surface area contributed by atoms with Gasteiger partial charge in [0.1, 0.15) is 5.75 Å². The summed E-state index contributed by atoms with van der Waals surface area (Å²) in [5, 5.41) is 3.54. The van der Waals surface area contributed by atoms with E-state index < -0.39 is 5.91 Å². The normalized spacial score (nSPS) is 11.9. The Hall–Kier alpha value is -2.57. The summed E-state index contributed by atoms with van der Waals surface area (Å²) in [5.41, 5.74) is 6.91. The van der Waals surface area contributed by atoms with Crippen molar-refractivity contribution in [1.29, 1.82) is 0 Å². The minimum Gasteiger partial charge on any atom is -0.484 e. The van der Waals surface area contributed by atoms with Crippen LogP contribution in [0.3, 0.4) is 0 Å². The molecule has 2 amide bonds. The fraction of sp³-hybridized carbons (Fsp3) is 0.300. The van der Waals surface area contributed by atoms with Crippen molar-refractivity contribution in [3.05, 3.63) is 64.7 Å². The SMILES string of the molecule is CN(C)C(CNC(=O)COc1ccc(CC(N)=O)cc1)c1ccccc1Cl. The monoisotopic (exact) mass is 389 g/mol. The number of likely N-dealkylation sites (N-methyl/N-ethyl adjacent to an activating group) is 1. The van der Waals surface area contributed by atoms with Crippen LogP contribution in [0.15, 0.2) is 48.5 Å². The maximum atomic E-state index is 12.1. The third-order valence-electron chi connectivity index (χ3n) is 4.05. The molecule has 0 saturated carbocycles. The Morgan fingerprint density at radius 3 is 2.41 bits per heavy atom. The molecule has 0 aliphatic rings. The predicted octanol–water partition coefficient (Wildman–Crippen LogP) is 2.17. The van der Waals surface area contributed by atoms with Crippen LogP contribution in [0.2, 0.25) is 5.02 Å². The maximum absolute atomic E-state index is 12.1. The molecule has 1 unspecified atom stereocenters. The van der Waals surface area contributed by atoms with Crippen LogP contribution in [-0.4, -0.2) is 44.0 Å². The maximum Gasteiger partial charge on any atom is 0.258 e. The van der Waals surface area contributed by atoms with E-state index in [0.29, 0.717) is 17.3 Å².